The zero-order chi connectivity index (χ0) is 14.9. The van der Waals surface area contributed by atoms with Gasteiger partial charge in [-0.2, -0.15) is 9.40 Å². The SMILES string of the molecule is CS(=O)(=O)N1CCOC(c2nc(-c3ccccc3)n[nH]2)C1. The summed E-state index contributed by atoms with van der Waals surface area (Å²) in [5.74, 6) is 1.12. The van der Waals surface area contributed by atoms with Gasteiger partial charge in [-0.15, -0.1) is 0 Å². The molecule has 1 atom stereocenters. The van der Waals surface area contributed by atoms with E-state index in [9.17, 15) is 8.42 Å². The number of sulfonamides is 1. The highest BCUT2D eigenvalue weighted by Crippen LogP contribution is 2.22. The zero-order valence-corrected chi connectivity index (χ0v) is 12.4. The maximum atomic E-state index is 11.6. The molecule has 1 aliphatic rings. The molecule has 8 heteroatoms. The zero-order valence-electron chi connectivity index (χ0n) is 11.6. The van der Waals surface area contributed by atoms with Crippen molar-refractivity contribution >= 4 is 10.0 Å². The first kappa shape index (κ1) is 14.2. The molecule has 1 aliphatic heterocycles. The molecule has 0 aliphatic carbocycles. The lowest BCUT2D eigenvalue weighted by Gasteiger charge is -2.29. The van der Waals surface area contributed by atoms with Gasteiger partial charge in [0.15, 0.2) is 11.6 Å². The van der Waals surface area contributed by atoms with E-state index in [0.717, 1.165) is 5.56 Å². The summed E-state index contributed by atoms with van der Waals surface area (Å²) in [6.45, 7) is 0.969. The van der Waals surface area contributed by atoms with Crippen LogP contribution in [-0.4, -0.2) is 53.9 Å². The molecule has 0 saturated carbocycles. The maximum absolute atomic E-state index is 11.6. The van der Waals surface area contributed by atoms with Crippen LogP contribution in [0, 0.1) is 0 Å². The molecule has 21 heavy (non-hydrogen) atoms. The van der Waals surface area contributed by atoms with Crippen molar-refractivity contribution in [2.24, 2.45) is 0 Å². The third kappa shape index (κ3) is 3.12. The number of morpholine rings is 1. The van der Waals surface area contributed by atoms with Crippen LogP contribution in [0.3, 0.4) is 0 Å². The van der Waals surface area contributed by atoms with Crippen LogP contribution >= 0.6 is 0 Å². The van der Waals surface area contributed by atoms with Crippen molar-refractivity contribution in [1.82, 2.24) is 19.5 Å². The monoisotopic (exact) mass is 308 g/mol. The Bertz CT molecular complexity index is 714. The van der Waals surface area contributed by atoms with Gasteiger partial charge in [-0.05, 0) is 0 Å². The van der Waals surface area contributed by atoms with Crippen LogP contribution in [0.4, 0.5) is 0 Å². The Balaban J connectivity index is 1.80. The molecule has 1 fully saturated rings. The normalized spacial score (nSPS) is 20.5. The fourth-order valence-corrected chi connectivity index (χ4v) is 3.04. The van der Waals surface area contributed by atoms with Gasteiger partial charge in [0, 0.05) is 18.7 Å². The van der Waals surface area contributed by atoms with E-state index in [1.807, 2.05) is 30.3 Å². The standard InChI is InChI=1S/C13H16N4O3S/c1-21(18,19)17-7-8-20-11(9-17)13-14-12(15-16-13)10-5-3-2-4-6-10/h2-6,11H,7-9H2,1H3,(H,14,15,16). The van der Waals surface area contributed by atoms with Crippen molar-refractivity contribution < 1.29 is 13.2 Å². The molecule has 0 bridgehead atoms. The number of hydrogen-bond donors (Lipinski definition) is 1. The predicted molar refractivity (Wildman–Crippen MR) is 76.9 cm³/mol. The number of ether oxygens (including phenoxy) is 1. The molecule has 2 aromatic rings. The first-order chi connectivity index (χ1) is 10.0. The summed E-state index contributed by atoms with van der Waals surface area (Å²) in [7, 11) is -3.22. The van der Waals surface area contributed by atoms with Gasteiger partial charge in [0.25, 0.3) is 0 Å². The summed E-state index contributed by atoms with van der Waals surface area (Å²) in [6.07, 6.45) is 0.781. The van der Waals surface area contributed by atoms with Crippen molar-refractivity contribution in [1.29, 1.82) is 0 Å². The quantitative estimate of drug-likeness (QED) is 0.906. The molecule has 0 spiro atoms. The van der Waals surface area contributed by atoms with Gasteiger partial charge in [-0.3, -0.25) is 5.10 Å². The van der Waals surface area contributed by atoms with Gasteiger partial charge in [0.05, 0.1) is 12.9 Å². The van der Waals surface area contributed by atoms with Gasteiger partial charge in [-0.1, -0.05) is 30.3 Å². The van der Waals surface area contributed by atoms with Crippen molar-refractivity contribution in [2.75, 3.05) is 26.0 Å². The Labute approximate surface area is 123 Å². The second-order valence-electron chi connectivity index (χ2n) is 4.89. The number of nitrogens with zero attached hydrogens (tertiary/aromatic N) is 3. The highest BCUT2D eigenvalue weighted by Gasteiger charge is 2.29. The topological polar surface area (TPSA) is 88.2 Å². The van der Waals surface area contributed by atoms with Crippen LogP contribution in [0.1, 0.15) is 11.9 Å². The minimum absolute atomic E-state index is 0.252. The minimum atomic E-state index is -3.22. The van der Waals surface area contributed by atoms with Gasteiger partial charge >= 0.3 is 0 Å². The lowest BCUT2D eigenvalue weighted by atomic mass is 10.2. The van der Waals surface area contributed by atoms with Crippen LogP contribution in [0.5, 0.6) is 0 Å². The maximum Gasteiger partial charge on any atom is 0.211 e. The lowest BCUT2D eigenvalue weighted by molar-refractivity contribution is -0.00710. The Morgan fingerprint density at radius 3 is 2.81 bits per heavy atom. The van der Waals surface area contributed by atoms with Crippen LogP contribution < -0.4 is 0 Å². The summed E-state index contributed by atoms with van der Waals surface area (Å²) in [6, 6.07) is 9.57. The summed E-state index contributed by atoms with van der Waals surface area (Å²) in [4.78, 5) is 4.41. The number of H-pyrrole nitrogens is 1. The molecule has 7 nitrogen and oxygen atoms in total. The molecule has 1 saturated heterocycles. The van der Waals surface area contributed by atoms with Crippen LogP contribution in [0.15, 0.2) is 30.3 Å². The Morgan fingerprint density at radius 1 is 1.33 bits per heavy atom. The Hall–Kier alpha value is -1.77. The molecule has 0 radical (unpaired) electrons. The third-order valence-electron chi connectivity index (χ3n) is 3.34. The number of rotatable bonds is 3. The first-order valence-electron chi connectivity index (χ1n) is 6.58. The van der Waals surface area contributed by atoms with Crippen LogP contribution in [0.2, 0.25) is 0 Å². The van der Waals surface area contributed by atoms with E-state index in [1.54, 1.807) is 0 Å². The van der Waals surface area contributed by atoms with Gasteiger partial charge in [-0.25, -0.2) is 13.4 Å². The van der Waals surface area contributed by atoms with E-state index in [1.165, 1.54) is 10.6 Å². The molecule has 1 unspecified atom stereocenters. The van der Waals surface area contributed by atoms with E-state index in [2.05, 4.69) is 15.2 Å². The van der Waals surface area contributed by atoms with E-state index in [4.69, 9.17) is 4.74 Å². The molecule has 3 rings (SSSR count). The Morgan fingerprint density at radius 2 is 2.10 bits per heavy atom. The molecule has 112 valence electrons. The van der Waals surface area contributed by atoms with E-state index in [-0.39, 0.29) is 6.54 Å². The van der Waals surface area contributed by atoms with Gasteiger partial charge in [0.2, 0.25) is 10.0 Å². The summed E-state index contributed by atoms with van der Waals surface area (Å²) >= 11 is 0. The van der Waals surface area contributed by atoms with Crippen LogP contribution in [-0.2, 0) is 14.8 Å². The molecule has 1 aromatic carbocycles. The second-order valence-corrected chi connectivity index (χ2v) is 6.87. The second kappa shape index (κ2) is 5.55. The first-order valence-corrected chi connectivity index (χ1v) is 8.43. The molecule has 0 amide bonds. The molecular weight excluding hydrogens is 292 g/mol. The molecule has 2 heterocycles. The molecular formula is C13H16N4O3S. The number of aromatic amines is 1. The average Bonchev–Trinajstić information content (AvgIpc) is 2.97. The summed E-state index contributed by atoms with van der Waals surface area (Å²) in [5.41, 5.74) is 0.899. The largest absolute Gasteiger partial charge is 0.367 e. The predicted octanol–water partition coefficient (Wildman–Crippen LogP) is 0.805. The number of hydrogen-bond acceptors (Lipinski definition) is 5. The average molecular weight is 308 g/mol. The number of nitrogens with one attached hydrogen (secondary N) is 1. The van der Waals surface area contributed by atoms with Crippen molar-refractivity contribution in [3.05, 3.63) is 36.2 Å². The number of benzene rings is 1. The lowest BCUT2D eigenvalue weighted by Crippen LogP contribution is -2.41. The smallest absolute Gasteiger partial charge is 0.211 e. The van der Waals surface area contributed by atoms with Gasteiger partial charge < -0.3 is 4.74 Å². The minimum Gasteiger partial charge on any atom is -0.367 e. The van der Waals surface area contributed by atoms with Crippen molar-refractivity contribution in [3.8, 4) is 11.4 Å². The molecule has 1 aromatic heterocycles. The van der Waals surface area contributed by atoms with E-state index < -0.39 is 16.1 Å². The highest BCUT2D eigenvalue weighted by molar-refractivity contribution is 7.88. The highest BCUT2D eigenvalue weighted by atomic mass is 32.2. The van der Waals surface area contributed by atoms with Gasteiger partial charge in [0.1, 0.15) is 6.10 Å². The molecule has 1 N–H and O–H groups in total. The summed E-state index contributed by atoms with van der Waals surface area (Å²) < 4.78 is 30.2. The third-order valence-corrected chi connectivity index (χ3v) is 4.61. The Kier molecular flexibility index (Phi) is 3.75. The summed E-state index contributed by atoms with van der Waals surface area (Å²) in [5, 5.41) is 7.00. The van der Waals surface area contributed by atoms with Crippen LogP contribution in [0.25, 0.3) is 11.4 Å². The fraction of sp³-hybridized carbons (Fsp3) is 0.385. The van der Waals surface area contributed by atoms with Crippen molar-refractivity contribution in [2.45, 2.75) is 6.10 Å². The van der Waals surface area contributed by atoms with Crippen molar-refractivity contribution in [3.63, 3.8) is 0 Å². The number of aromatic nitrogens is 3. The van der Waals surface area contributed by atoms with E-state index >= 15 is 0 Å². The fourth-order valence-electron chi connectivity index (χ4n) is 2.23. The van der Waals surface area contributed by atoms with E-state index in [0.29, 0.717) is 24.8 Å².